The summed E-state index contributed by atoms with van der Waals surface area (Å²) in [6.07, 6.45) is 3.11. The molecule has 0 spiro atoms. The standard InChI is InChI=1S/C20H23NO7/c1-6-13-16(11(8-10-15(22)26-3)17(21-13)20(23)24)12-7-9-14(25-2)19(28-5)18(12)27-4/h7-10,21H,6H2,1-5H3,(H,23,24)/b10-8+. The first-order chi connectivity index (χ1) is 13.4. The van der Waals surface area contributed by atoms with Crippen molar-refractivity contribution in [2.24, 2.45) is 0 Å². The molecule has 8 nitrogen and oxygen atoms in total. The van der Waals surface area contributed by atoms with Gasteiger partial charge in [0.15, 0.2) is 11.5 Å². The molecule has 2 aromatic rings. The van der Waals surface area contributed by atoms with Crippen molar-refractivity contribution >= 4 is 18.0 Å². The van der Waals surface area contributed by atoms with Crippen molar-refractivity contribution in [3.05, 3.63) is 35.2 Å². The van der Waals surface area contributed by atoms with Crippen molar-refractivity contribution in [2.75, 3.05) is 28.4 Å². The van der Waals surface area contributed by atoms with Gasteiger partial charge in [-0.1, -0.05) is 6.92 Å². The Labute approximate surface area is 162 Å². The summed E-state index contributed by atoms with van der Waals surface area (Å²) in [6.45, 7) is 1.89. The fraction of sp³-hybridized carbons (Fsp3) is 0.300. The SMILES string of the molecule is CCc1[nH]c(C(=O)O)c(/C=C/C(=O)OC)c1-c1ccc(OC)c(OC)c1OC. The zero-order chi connectivity index (χ0) is 20.8. The van der Waals surface area contributed by atoms with Crippen molar-refractivity contribution in [2.45, 2.75) is 13.3 Å². The highest BCUT2D eigenvalue weighted by Gasteiger charge is 2.25. The highest BCUT2D eigenvalue weighted by Crippen LogP contribution is 2.46. The summed E-state index contributed by atoms with van der Waals surface area (Å²) in [5.74, 6) is -0.502. The van der Waals surface area contributed by atoms with Crippen LogP contribution in [0.5, 0.6) is 17.2 Å². The third kappa shape index (κ3) is 3.80. The third-order valence-electron chi connectivity index (χ3n) is 4.24. The largest absolute Gasteiger partial charge is 0.493 e. The predicted molar refractivity (Wildman–Crippen MR) is 103 cm³/mol. The molecular formula is C20H23NO7. The van der Waals surface area contributed by atoms with Crippen LogP contribution in [-0.4, -0.2) is 50.5 Å². The molecule has 0 saturated carbocycles. The molecule has 28 heavy (non-hydrogen) atoms. The molecule has 150 valence electrons. The van der Waals surface area contributed by atoms with E-state index in [-0.39, 0.29) is 5.69 Å². The Morgan fingerprint density at radius 1 is 1.07 bits per heavy atom. The third-order valence-corrected chi connectivity index (χ3v) is 4.24. The van der Waals surface area contributed by atoms with Crippen LogP contribution in [0.3, 0.4) is 0 Å². The van der Waals surface area contributed by atoms with Gasteiger partial charge in [0.1, 0.15) is 5.69 Å². The lowest BCUT2D eigenvalue weighted by Crippen LogP contribution is -2.00. The van der Waals surface area contributed by atoms with Crippen LogP contribution in [0.15, 0.2) is 18.2 Å². The van der Waals surface area contributed by atoms with Crippen molar-refractivity contribution in [3.63, 3.8) is 0 Å². The number of carbonyl (C=O) groups is 2. The van der Waals surface area contributed by atoms with Crippen LogP contribution in [0.25, 0.3) is 17.2 Å². The molecule has 0 aliphatic rings. The number of esters is 1. The number of carboxylic acids is 1. The molecule has 2 rings (SSSR count). The maximum absolute atomic E-state index is 11.8. The van der Waals surface area contributed by atoms with Gasteiger partial charge < -0.3 is 29.0 Å². The van der Waals surface area contributed by atoms with Gasteiger partial charge in [-0.3, -0.25) is 0 Å². The van der Waals surface area contributed by atoms with Crippen molar-refractivity contribution in [1.29, 1.82) is 0 Å². The minimum absolute atomic E-state index is 0.0381. The summed E-state index contributed by atoms with van der Waals surface area (Å²) in [5.41, 5.74) is 2.17. The number of benzene rings is 1. The monoisotopic (exact) mass is 389 g/mol. The number of hydrogen-bond donors (Lipinski definition) is 2. The Morgan fingerprint density at radius 3 is 2.25 bits per heavy atom. The molecule has 0 bridgehead atoms. The number of carboxylic acid groups (broad SMARTS) is 1. The van der Waals surface area contributed by atoms with E-state index in [9.17, 15) is 14.7 Å². The van der Waals surface area contributed by atoms with Crippen LogP contribution in [0.2, 0.25) is 0 Å². The van der Waals surface area contributed by atoms with Gasteiger partial charge in [-0.25, -0.2) is 9.59 Å². The van der Waals surface area contributed by atoms with Crippen LogP contribution in [-0.2, 0) is 16.0 Å². The molecule has 0 fully saturated rings. The molecular weight excluding hydrogens is 366 g/mol. The minimum atomic E-state index is -1.15. The first kappa shape index (κ1) is 20.9. The van der Waals surface area contributed by atoms with E-state index >= 15 is 0 Å². The molecule has 1 heterocycles. The van der Waals surface area contributed by atoms with E-state index in [1.54, 1.807) is 12.1 Å². The van der Waals surface area contributed by atoms with Crippen molar-refractivity contribution in [1.82, 2.24) is 4.98 Å². The molecule has 1 aromatic carbocycles. The average Bonchev–Trinajstić information content (AvgIpc) is 3.09. The second kappa shape index (κ2) is 8.98. The quantitative estimate of drug-likeness (QED) is 0.527. The lowest BCUT2D eigenvalue weighted by molar-refractivity contribution is -0.134. The summed E-state index contributed by atoms with van der Waals surface area (Å²) in [6, 6.07) is 3.46. The molecule has 2 N–H and O–H groups in total. The summed E-state index contributed by atoms with van der Waals surface area (Å²) in [7, 11) is 5.74. The van der Waals surface area contributed by atoms with Gasteiger partial charge in [0.2, 0.25) is 5.75 Å². The fourth-order valence-electron chi connectivity index (χ4n) is 2.99. The summed E-state index contributed by atoms with van der Waals surface area (Å²) >= 11 is 0. The normalized spacial score (nSPS) is 10.8. The van der Waals surface area contributed by atoms with Crippen LogP contribution >= 0.6 is 0 Å². The zero-order valence-corrected chi connectivity index (χ0v) is 16.4. The molecule has 1 aromatic heterocycles. The number of nitrogens with one attached hydrogen (secondary N) is 1. The Bertz CT molecular complexity index is 912. The van der Waals surface area contributed by atoms with Crippen molar-refractivity contribution in [3.8, 4) is 28.4 Å². The van der Waals surface area contributed by atoms with Gasteiger partial charge in [0.25, 0.3) is 0 Å². The smallest absolute Gasteiger partial charge is 0.352 e. The molecule has 0 aliphatic carbocycles. The zero-order valence-electron chi connectivity index (χ0n) is 16.4. The van der Waals surface area contributed by atoms with Crippen LogP contribution in [0.1, 0.15) is 28.7 Å². The summed E-state index contributed by atoms with van der Waals surface area (Å²) in [5, 5.41) is 9.62. The number of H-pyrrole nitrogens is 1. The first-order valence-corrected chi connectivity index (χ1v) is 8.46. The molecule has 8 heteroatoms. The molecule has 0 radical (unpaired) electrons. The van der Waals surface area contributed by atoms with Crippen LogP contribution in [0, 0.1) is 0 Å². The predicted octanol–water partition coefficient (Wildman–Crippen LogP) is 3.15. The lowest BCUT2D eigenvalue weighted by Gasteiger charge is -2.16. The van der Waals surface area contributed by atoms with E-state index in [0.717, 1.165) is 0 Å². The van der Waals surface area contributed by atoms with Gasteiger partial charge in [0.05, 0.1) is 28.4 Å². The maximum atomic E-state index is 11.8. The molecule has 0 atom stereocenters. The Hall–Kier alpha value is -3.42. The number of hydrogen-bond acceptors (Lipinski definition) is 6. The Morgan fingerprint density at radius 2 is 1.75 bits per heavy atom. The van der Waals surface area contributed by atoms with E-state index < -0.39 is 11.9 Å². The van der Waals surface area contributed by atoms with E-state index in [4.69, 9.17) is 14.2 Å². The van der Waals surface area contributed by atoms with E-state index in [0.29, 0.717) is 46.1 Å². The van der Waals surface area contributed by atoms with Gasteiger partial charge in [0, 0.05) is 28.5 Å². The number of carbonyl (C=O) groups excluding carboxylic acids is 1. The number of aromatic nitrogens is 1. The van der Waals surface area contributed by atoms with E-state index in [1.165, 1.54) is 40.6 Å². The van der Waals surface area contributed by atoms with Gasteiger partial charge in [-0.05, 0) is 24.6 Å². The van der Waals surface area contributed by atoms with Crippen LogP contribution < -0.4 is 14.2 Å². The number of rotatable bonds is 8. The van der Waals surface area contributed by atoms with Gasteiger partial charge in [-0.2, -0.15) is 0 Å². The van der Waals surface area contributed by atoms with E-state index in [2.05, 4.69) is 9.72 Å². The van der Waals surface area contributed by atoms with Crippen molar-refractivity contribution < 1.29 is 33.6 Å². The number of methoxy groups -OCH3 is 4. The number of aryl methyl sites for hydroxylation is 1. The topological polar surface area (TPSA) is 107 Å². The maximum Gasteiger partial charge on any atom is 0.352 e. The Balaban J connectivity index is 2.86. The van der Waals surface area contributed by atoms with Gasteiger partial charge in [-0.15, -0.1) is 0 Å². The van der Waals surface area contributed by atoms with Gasteiger partial charge >= 0.3 is 11.9 Å². The molecule has 0 amide bonds. The second-order valence-corrected chi connectivity index (χ2v) is 5.66. The highest BCUT2D eigenvalue weighted by atomic mass is 16.5. The summed E-state index contributed by atoms with van der Waals surface area (Å²) < 4.78 is 20.9. The molecule has 0 unspecified atom stereocenters. The number of aromatic amines is 1. The average molecular weight is 389 g/mol. The second-order valence-electron chi connectivity index (χ2n) is 5.66. The molecule has 0 saturated heterocycles. The number of ether oxygens (including phenoxy) is 4. The van der Waals surface area contributed by atoms with E-state index in [1.807, 2.05) is 6.92 Å². The lowest BCUT2D eigenvalue weighted by atomic mass is 9.97. The fourth-order valence-corrected chi connectivity index (χ4v) is 2.99. The minimum Gasteiger partial charge on any atom is -0.493 e. The highest BCUT2D eigenvalue weighted by molar-refractivity contribution is 5.99. The summed E-state index contributed by atoms with van der Waals surface area (Å²) in [4.78, 5) is 26.3. The number of aromatic carboxylic acids is 1. The Kier molecular flexibility index (Phi) is 6.70. The first-order valence-electron chi connectivity index (χ1n) is 8.46. The molecule has 0 aliphatic heterocycles. The van der Waals surface area contributed by atoms with Crippen LogP contribution in [0.4, 0.5) is 0 Å².